The molecule has 0 spiro atoms. The summed E-state index contributed by atoms with van der Waals surface area (Å²) in [5.41, 5.74) is 0.992. The smallest absolute Gasteiger partial charge is 0.395 e. The van der Waals surface area contributed by atoms with Crippen LogP contribution in [0.3, 0.4) is 0 Å². The van der Waals surface area contributed by atoms with Crippen LogP contribution in [0.15, 0.2) is 24.3 Å². The molecule has 0 aromatic heterocycles. The number of rotatable bonds is 2. The molecule has 0 heterocycles. The Hall–Kier alpha value is -0.348. The second-order valence-electron chi connectivity index (χ2n) is 1.93. The third-order valence-corrected chi connectivity index (χ3v) is 1.50. The lowest BCUT2D eigenvalue weighted by atomic mass is 10.2. The molecular weight excluding hydrogens is 174 g/mol. The number of hydrogen-bond donors (Lipinski definition) is 0. The van der Waals surface area contributed by atoms with Gasteiger partial charge in [0.25, 0.3) is 0 Å². The molecule has 0 N–H and O–H groups in total. The van der Waals surface area contributed by atoms with Crippen LogP contribution in [0.25, 0.3) is 0 Å². The minimum atomic E-state index is -0.300. The Bertz CT molecular complexity index is 240. The molecule has 11 heavy (non-hydrogen) atoms. The summed E-state index contributed by atoms with van der Waals surface area (Å²) >= 11 is 0. The van der Waals surface area contributed by atoms with E-state index < -0.39 is 0 Å². The van der Waals surface area contributed by atoms with Gasteiger partial charge in [0.1, 0.15) is 5.75 Å². The standard InChI is InChI=1S/C7H7O2P.Al.3H/c1-6-4-2-3-5-7(6)9-10-8;;;;/h2-5H,1H3;;;;. The third-order valence-electron chi connectivity index (χ3n) is 1.23. The topological polar surface area (TPSA) is 26.3 Å². The van der Waals surface area contributed by atoms with Crippen molar-refractivity contribution in [2.75, 3.05) is 0 Å². The first-order chi connectivity index (χ1) is 4.84. The summed E-state index contributed by atoms with van der Waals surface area (Å²) < 4.78 is 14.8. The van der Waals surface area contributed by atoms with E-state index in [9.17, 15) is 4.57 Å². The van der Waals surface area contributed by atoms with Crippen molar-refractivity contribution in [3.05, 3.63) is 29.8 Å². The lowest BCUT2D eigenvalue weighted by Gasteiger charge is -1.98. The van der Waals surface area contributed by atoms with Crippen LogP contribution in [-0.4, -0.2) is 17.4 Å². The van der Waals surface area contributed by atoms with Gasteiger partial charge in [0.2, 0.25) is 0 Å². The van der Waals surface area contributed by atoms with E-state index in [4.69, 9.17) is 4.52 Å². The highest BCUT2D eigenvalue weighted by Crippen LogP contribution is 2.19. The minimum Gasteiger partial charge on any atom is -0.407 e. The fourth-order valence-corrected chi connectivity index (χ4v) is 0.984. The highest BCUT2D eigenvalue weighted by molar-refractivity contribution is 7.17. The Balaban J connectivity index is 0.000001000. The van der Waals surface area contributed by atoms with Crippen molar-refractivity contribution >= 4 is 26.0 Å². The van der Waals surface area contributed by atoms with Crippen LogP contribution < -0.4 is 4.52 Å². The van der Waals surface area contributed by atoms with Gasteiger partial charge in [0.05, 0.1) is 0 Å². The molecule has 0 aliphatic carbocycles. The maximum absolute atomic E-state index is 10.0. The molecule has 0 atom stereocenters. The van der Waals surface area contributed by atoms with Gasteiger partial charge in [-0.3, -0.25) is 0 Å². The van der Waals surface area contributed by atoms with Crippen molar-refractivity contribution in [1.29, 1.82) is 0 Å². The van der Waals surface area contributed by atoms with Crippen LogP contribution >= 0.6 is 8.69 Å². The molecule has 0 aliphatic heterocycles. The van der Waals surface area contributed by atoms with E-state index in [0.717, 1.165) is 5.56 Å². The molecule has 4 heteroatoms. The van der Waals surface area contributed by atoms with Crippen molar-refractivity contribution in [2.45, 2.75) is 6.92 Å². The highest BCUT2D eigenvalue weighted by atomic mass is 31.1. The average molecular weight is 184 g/mol. The predicted molar refractivity (Wildman–Crippen MR) is 49.4 cm³/mol. The first-order valence-corrected chi connectivity index (χ1v) is 3.63. The van der Waals surface area contributed by atoms with Gasteiger partial charge in [0.15, 0.2) is 17.4 Å². The maximum Gasteiger partial charge on any atom is 0.395 e. The molecule has 58 valence electrons. The van der Waals surface area contributed by atoms with Gasteiger partial charge in [-0.25, -0.2) is 4.57 Å². The molecule has 0 bridgehead atoms. The van der Waals surface area contributed by atoms with Crippen LogP contribution in [0.5, 0.6) is 5.75 Å². The quantitative estimate of drug-likeness (QED) is 0.513. The van der Waals surface area contributed by atoms with Gasteiger partial charge in [0, 0.05) is 0 Å². The van der Waals surface area contributed by atoms with E-state index >= 15 is 0 Å². The zero-order valence-corrected chi connectivity index (χ0v) is 6.47. The molecule has 0 saturated carbocycles. The molecule has 0 fully saturated rings. The third kappa shape index (κ3) is 3.03. The molecule has 1 aromatic rings. The fourth-order valence-electron chi connectivity index (χ4n) is 0.699. The molecule has 2 nitrogen and oxygen atoms in total. The number of aryl methyl sites for hydroxylation is 1. The lowest BCUT2D eigenvalue weighted by Crippen LogP contribution is -1.78. The summed E-state index contributed by atoms with van der Waals surface area (Å²) in [4.78, 5) is 0. The SMILES string of the molecule is Cc1ccccc1OP=O.[AlH3]. The van der Waals surface area contributed by atoms with Gasteiger partial charge in [-0.05, 0) is 18.6 Å². The van der Waals surface area contributed by atoms with Gasteiger partial charge in [-0.2, -0.15) is 0 Å². The van der Waals surface area contributed by atoms with Crippen LogP contribution in [-0.2, 0) is 4.57 Å². The summed E-state index contributed by atoms with van der Waals surface area (Å²) in [6, 6.07) is 7.43. The second kappa shape index (κ2) is 5.32. The van der Waals surface area contributed by atoms with E-state index in [0.29, 0.717) is 5.75 Å². The van der Waals surface area contributed by atoms with Gasteiger partial charge in [-0.15, -0.1) is 0 Å². The Morgan fingerprint density at radius 1 is 1.36 bits per heavy atom. The maximum atomic E-state index is 10.0. The van der Waals surface area contributed by atoms with E-state index in [-0.39, 0.29) is 26.0 Å². The van der Waals surface area contributed by atoms with Crippen LogP contribution in [0, 0.1) is 6.92 Å². The summed E-state index contributed by atoms with van der Waals surface area (Å²) in [5, 5.41) is 0. The molecule has 0 saturated heterocycles. The van der Waals surface area contributed by atoms with E-state index in [1.54, 1.807) is 6.07 Å². The van der Waals surface area contributed by atoms with E-state index in [2.05, 4.69) is 0 Å². The number of para-hydroxylation sites is 1. The number of hydrogen-bond acceptors (Lipinski definition) is 2. The van der Waals surface area contributed by atoms with Crippen molar-refractivity contribution < 1.29 is 9.09 Å². The summed E-state index contributed by atoms with van der Waals surface area (Å²) in [6.07, 6.45) is 0. The normalized spacial score (nSPS) is 8.82. The monoisotopic (exact) mass is 184 g/mol. The fraction of sp³-hybridized carbons (Fsp3) is 0.143. The Morgan fingerprint density at radius 3 is 2.55 bits per heavy atom. The zero-order chi connectivity index (χ0) is 7.40. The Kier molecular flexibility index (Phi) is 5.15. The van der Waals surface area contributed by atoms with Crippen LogP contribution in [0.4, 0.5) is 0 Å². The molecule has 1 rings (SSSR count). The second-order valence-corrected chi connectivity index (χ2v) is 2.26. The van der Waals surface area contributed by atoms with Gasteiger partial charge >= 0.3 is 8.69 Å². The van der Waals surface area contributed by atoms with Crippen molar-refractivity contribution in [3.8, 4) is 5.75 Å². The van der Waals surface area contributed by atoms with E-state index in [1.165, 1.54) is 0 Å². The first-order valence-electron chi connectivity index (χ1n) is 2.90. The molecule has 1 aromatic carbocycles. The summed E-state index contributed by atoms with van der Waals surface area (Å²) in [7, 11) is -0.300. The molecule has 0 unspecified atom stereocenters. The van der Waals surface area contributed by atoms with Gasteiger partial charge < -0.3 is 4.52 Å². The largest absolute Gasteiger partial charge is 0.407 e. The summed E-state index contributed by atoms with van der Waals surface area (Å²) in [5.74, 6) is 0.666. The Morgan fingerprint density at radius 2 is 2.00 bits per heavy atom. The van der Waals surface area contributed by atoms with Crippen molar-refractivity contribution in [2.24, 2.45) is 0 Å². The lowest BCUT2D eigenvalue weighted by molar-refractivity contribution is 0.523. The van der Waals surface area contributed by atoms with E-state index in [1.807, 2.05) is 25.1 Å². The van der Waals surface area contributed by atoms with Crippen LogP contribution in [0.2, 0.25) is 0 Å². The van der Waals surface area contributed by atoms with Gasteiger partial charge in [-0.1, -0.05) is 18.2 Å². The molecule has 0 radical (unpaired) electrons. The molecular formula is C7H10AlO2P. The zero-order valence-electron chi connectivity index (χ0n) is 5.57. The first kappa shape index (κ1) is 10.7. The minimum absolute atomic E-state index is 0. The summed E-state index contributed by atoms with van der Waals surface area (Å²) in [6.45, 7) is 1.90. The predicted octanol–water partition coefficient (Wildman–Crippen LogP) is 1.40. The molecule has 0 amide bonds. The molecule has 0 aliphatic rings. The number of benzene rings is 1. The van der Waals surface area contributed by atoms with Crippen molar-refractivity contribution in [3.63, 3.8) is 0 Å². The Labute approximate surface area is 78.0 Å². The van der Waals surface area contributed by atoms with Crippen molar-refractivity contribution in [1.82, 2.24) is 0 Å². The highest BCUT2D eigenvalue weighted by Gasteiger charge is 1.94. The average Bonchev–Trinajstić information content (AvgIpc) is 1.94. The van der Waals surface area contributed by atoms with Crippen LogP contribution in [0.1, 0.15) is 5.56 Å².